The predicted octanol–water partition coefficient (Wildman–Crippen LogP) is 7.48. The quantitative estimate of drug-likeness (QED) is 0.178. The molecule has 2 N–H and O–H groups in total. The second-order valence-corrected chi connectivity index (χ2v) is 15.8. The van der Waals surface area contributed by atoms with Crippen molar-refractivity contribution < 1.29 is 26.8 Å². The SMILES string of the molecule is CC(C)(C)Nc1ncc(-c2ccn(C3CCN(C(=O)OC(C)(C)C)CC3)n2)cc1-c1nc2ccc(NS(=O)(=O)c3ccc(F)cc3)cc2o1. The number of nitrogens with one attached hydrogen (secondary N) is 2. The summed E-state index contributed by atoms with van der Waals surface area (Å²) in [6.07, 6.45) is 4.90. The number of carbonyl (C=O) groups excluding carboxylic acids is 1. The summed E-state index contributed by atoms with van der Waals surface area (Å²) in [6, 6.07) is 13.4. The number of amides is 1. The van der Waals surface area contributed by atoms with E-state index >= 15 is 0 Å². The van der Waals surface area contributed by atoms with E-state index in [1.165, 1.54) is 12.1 Å². The van der Waals surface area contributed by atoms with Gasteiger partial charge in [-0.05, 0) is 103 Å². The zero-order chi connectivity index (χ0) is 35.1. The Balaban J connectivity index is 1.25. The number of likely N-dealkylation sites (tertiary alicyclic amines) is 1. The van der Waals surface area contributed by atoms with Gasteiger partial charge in [0, 0.05) is 42.7 Å². The average Bonchev–Trinajstić information content (AvgIpc) is 3.68. The molecule has 0 spiro atoms. The number of oxazole rings is 1. The molecule has 0 unspecified atom stereocenters. The third-order valence-electron chi connectivity index (χ3n) is 7.77. The summed E-state index contributed by atoms with van der Waals surface area (Å²) < 4.78 is 55.3. The lowest BCUT2D eigenvalue weighted by molar-refractivity contribution is 0.0185. The number of benzene rings is 2. The van der Waals surface area contributed by atoms with E-state index < -0.39 is 21.4 Å². The van der Waals surface area contributed by atoms with Crippen molar-refractivity contribution in [2.75, 3.05) is 23.1 Å². The summed E-state index contributed by atoms with van der Waals surface area (Å²) in [7, 11) is -3.96. The minimum Gasteiger partial charge on any atom is -0.444 e. The van der Waals surface area contributed by atoms with Crippen LogP contribution in [0.1, 0.15) is 60.4 Å². The Morgan fingerprint density at radius 2 is 1.71 bits per heavy atom. The van der Waals surface area contributed by atoms with Crippen molar-refractivity contribution in [2.45, 2.75) is 76.5 Å². The van der Waals surface area contributed by atoms with Crippen molar-refractivity contribution in [2.24, 2.45) is 0 Å². The second kappa shape index (κ2) is 12.8. The van der Waals surface area contributed by atoms with Gasteiger partial charge in [-0.25, -0.2) is 27.6 Å². The fourth-order valence-electron chi connectivity index (χ4n) is 5.49. The first-order valence-corrected chi connectivity index (χ1v) is 17.5. The van der Waals surface area contributed by atoms with Crippen LogP contribution in [0, 0.1) is 5.82 Å². The molecule has 0 radical (unpaired) electrons. The number of hydrogen-bond donors (Lipinski definition) is 2. The summed E-state index contributed by atoms with van der Waals surface area (Å²) in [5.41, 5.74) is 2.38. The fraction of sp³-hybridized carbons (Fsp3) is 0.371. The first-order valence-electron chi connectivity index (χ1n) is 16.0. The predicted molar refractivity (Wildman–Crippen MR) is 185 cm³/mol. The van der Waals surface area contributed by atoms with Crippen molar-refractivity contribution in [3.8, 4) is 22.7 Å². The molecule has 3 aromatic heterocycles. The summed E-state index contributed by atoms with van der Waals surface area (Å²) in [5, 5.41) is 8.30. The van der Waals surface area contributed by atoms with Crippen molar-refractivity contribution in [3.05, 3.63) is 72.8 Å². The van der Waals surface area contributed by atoms with Crippen molar-refractivity contribution in [1.82, 2.24) is 24.6 Å². The van der Waals surface area contributed by atoms with E-state index in [4.69, 9.17) is 24.2 Å². The van der Waals surface area contributed by atoms with Gasteiger partial charge in [0.1, 0.15) is 22.8 Å². The third-order valence-corrected chi connectivity index (χ3v) is 9.17. The number of piperidine rings is 1. The molecule has 0 aliphatic carbocycles. The highest BCUT2D eigenvalue weighted by Crippen LogP contribution is 2.35. The number of halogens is 1. The zero-order valence-corrected chi connectivity index (χ0v) is 29.1. The van der Waals surface area contributed by atoms with E-state index in [0.29, 0.717) is 41.5 Å². The smallest absolute Gasteiger partial charge is 0.410 e. The van der Waals surface area contributed by atoms with Crippen LogP contribution in [0.4, 0.5) is 20.7 Å². The molecular weight excluding hydrogens is 649 g/mol. The van der Waals surface area contributed by atoms with Gasteiger partial charge < -0.3 is 19.4 Å². The highest BCUT2D eigenvalue weighted by atomic mass is 32.2. The van der Waals surface area contributed by atoms with E-state index in [2.05, 4.69) is 10.0 Å². The van der Waals surface area contributed by atoms with E-state index in [1.807, 2.05) is 64.6 Å². The molecule has 1 fully saturated rings. The molecular formula is C35H40FN7O5S. The van der Waals surface area contributed by atoms with Crippen molar-refractivity contribution in [3.63, 3.8) is 0 Å². The number of anilines is 2. The number of nitrogens with zero attached hydrogens (tertiary/aromatic N) is 5. The molecule has 6 rings (SSSR count). The standard InChI is InChI=1S/C35H40FN7O5S/c1-34(2,3)39-31-27(32-38-29-12-9-24(20-30(29)47-32)41-49(45,46)26-10-7-23(36)8-11-26)19-22(21-37-31)28-15-18-43(40-28)25-13-16-42(17-14-25)33(44)48-35(4,5)6/h7-12,15,18-21,25,41H,13-14,16-17H2,1-6H3,(H,37,39). The first kappa shape index (κ1) is 33.9. The van der Waals surface area contributed by atoms with Crippen LogP contribution < -0.4 is 10.0 Å². The van der Waals surface area contributed by atoms with Crippen LogP contribution in [-0.2, 0) is 14.8 Å². The summed E-state index contributed by atoms with van der Waals surface area (Å²) >= 11 is 0. The molecule has 0 atom stereocenters. The average molecular weight is 690 g/mol. The Labute approximate surface area is 284 Å². The molecule has 0 saturated carbocycles. The topological polar surface area (TPSA) is 144 Å². The Hall–Kier alpha value is -4.98. The monoisotopic (exact) mass is 689 g/mol. The lowest BCUT2D eigenvalue weighted by atomic mass is 10.1. The molecule has 5 aromatic rings. The van der Waals surface area contributed by atoms with Gasteiger partial charge in [0.2, 0.25) is 5.89 Å². The molecule has 2 aromatic carbocycles. The number of carbonyl (C=O) groups is 1. The lowest BCUT2D eigenvalue weighted by Crippen LogP contribution is -2.42. The van der Waals surface area contributed by atoms with Crippen LogP contribution in [0.5, 0.6) is 0 Å². The first-order chi connectivity index (χ1) is 23.0. The second-order valence-electron chi connectivity index (χ2n) is 14.1. The summed E-state index contributed by atoms with van der Waals surface area (Å²) in [6.45, 7) is 12.8. The highest BCUT2D eigenvalue weighted by Gasteiger charge is 2.28. The van der Waals surface area contributed by atoms with Gasteiger partial charge >= 0.3 is 6.09 Å². The van der Waals surface area contributed by atoms with Gasteiger partial charge in [-0.2, -0.15) is 5.10 Å². The maximum Gasteiger partial charge on any atom is 0.410 e. The molecule has 14 heteroatoms. The van der Waals surface area contributed by atoms with Gasteiger partial charge in [-0.15, -0.1) is 0 Å². The number of ether oxygens (including phenoxy) is 1. The molecule has 49 heavy (non-hydrogen) atoms. The molecule has 1 saturated heterocycles. The van der Waals surface area contributed by atoms with Gasteiger partial charge in [0.25, 0.3) is 10.0 Å². The van der Waals surface area contributed by atoms with Crippen molar-refractivity contribution in [1.29, 1.82) is 0 Å². The molecule has 1 aliphatic rings. The van der Waals surface area contributed by atoms with Gasteiger partial charge in [0.05, 0.1) is 27.9 Å². The zero-order valence-electron chi connectivity index (χ0n) is 28.3. The number of hydrogen-bond acceptors (Lipinski definition) is 9. The van der Waals surface area contributed by atoms with Crippen LogP contribution in [0.3, 0.4) is 0 Å². The molecule has 4 heterocycles. The van der Waals surface area contributed by atoms with E-state index in [0.717, 1.165) is 36.2 Å². The van der Waals surface area contributed by atoms with Crippen LogP contribution in [0.2, 0.25) is 0 Å². The lowest BCUT2D eigenvalue weighted by Gasteiger charge is -2.33. The molecule has 0 bridgehead atoms. The number of fused-ring (bicyclic) bond motifs is 1. The maximum atomic E-state index is 13.3. The minimum atomic E-state index is -3.96. The Bertz CT molecular complexity index is 2090. The number of rotatable bonds is 7. The Morgan fingerprint density at radius 3 is 2.39 bits per heavy atom. The molecule has 12 nitrogen and oxygen atoms in total. The highest BCUT2D eigenvalue weighted by molar-refractivity contribution is 7.92. The van der Waals surface area contributed by atoms with E-state index in [1.54, 1.807) is 29.3 Å². The van der Waals surface area contributed by atoms with Crippen LogP contribution >= 0.6 is 0 Å². The number of sulfonamides is 1. The van der Waals surface area contributed by atoms with Crippen LogP contribution in [-0.4, -0.2) is 63.4 Å². The minimum absolute atomic E-state index is 0.0678. The van der Waals surface area contributed by atoms with E-state index in [-0.39, 0.29) is 28.3 Å². The van der Waals surface area contributed by atoms with Gasteiger partial charge in [0.15, 0.2) is 5.58 Å². The molecule has 258 valence electrons. The molecule has 1 aliphatic heterocycles. The maximum absolute atomic E-state index is 13.3. The third kappa shape index (κ3) is 8.02. The van der Waals surface area contributed by atoms with Gasteiger partial charge in [-0.1, -0.05) is 0 Å². The van der Waals surface area contributed by atoms with Gasteiger partial charge in [-0.3, -0.25) is 9.40 Å². The summed E-state index contributed by atoms with van der Waals surface area (Å²) in [4.78, 5) is 23.6. The summed E-state index contributed by atoms with van der Waals surface area (Å²) in [5.74, 6) is 0.330. The largest absolute Gasteiger partial charge is 0.444 e. The Kier molecular flexibility index (Phi) is 8.86. The van der Waals surface area contributed by atoms with Crippen LogP contribution in [0.25, 0.3) is 33.8 Å². The van der Waals surface area contributed by atoms with E-state index in [9.17, 15) is 17.6 Å². The normalized spacial score (nSPS) is 14.6. The van der Waals surface area contributed by atoms with Crippen LogP contribution in [0.15, 0.2) is 76.3 Å². The number of aromatic nitrogens is 4. The molecule has 1 amide bonds. The van der Waals surface area contributed by atoms with Crippen molar-refractivity contribution >= 4 is 38.7 Å². The Morgan fingerprint density at radius 1 is 1.00 bits per heavy atom. The number of pyridine rings is 1. The fourth-order valence-corrected chi connectivity index (χ4v) is 6.54.